The SMILES string of the molecule is O=S(O)Cc1ccc(-c2ssc(=S)c2-c2ccccc2F)cc1. The van der Waals surface area contributed by atoms with Gasteiger partial charge in [0.1, 0.15) is 9.64 Å². The second-order valence-electron chi connectivity index (χ2n) is 4.80. The molecule has 23 heavy (non-hydrogen) atoms. The zero-order valence-electron chi connectivity index (χ0n) is 11.7. The normalized spacial score (nSPS) is 12.3. The van der Waals surface area contributed by atoms with Crippen molar-refractivity contribution < 1.29 is 13.2 Å². The molecule has 2 aromatic carbocycles. The lowest BCUT2D eigenvalue weighted by Crippen LogP contribution is -1.92. The fourth-order valence-electron chi connectivity index (χ4n) is 2.24. The lowest BCUT2D eigenvalue weighted by Gasteiger charge is -2.06. The highest BCUT2D eigenvalue weighted by Crippen LogP contribution is 2.41. The van der Waals surface area contributed by atoms with Gasteiger partial charge in [0, 0.05) is 11.1 Å². The Kier molecular flexibility index (Phi) is 5.13. The summed E-state index contributed by atoms with van der Waals surface area (Å²) in [6.45, 7) is 0. The predicted octanol–water partition coefficient (Wildman–Crippen LogP) is 5.73. The van der Waals surface area contributed by atoms with Crippen LogP contribution in [0.25, 0.3) is 21.6 Å². The minimum atomic E-state index is -1.86. The number of benzene rings is 2. The van der Waals surface area contributed by atoms with E-state index < -0.39 is 11.1 Å². The van der Waals surface area contributed by atoms with E-state index in [-0.39, 0.29) is 11.6 Å². The Bertz CT molecular complexity index is 912. The smallest absolute Gasteiger partial charge is 0.157 e. The summed E-state index contributed by atoms with van der Waals surface area (Å²) in [4.78, 5) is 0.918. The molecule has 0 saturated carbocycles. The Balaban J connectivity index is 2.07. The minimum absolute atomic E-state index is 0.0970. The lowest BCUT2D eigenvalue weighted by molar-refractivity contribution is 0.563. The van der Waals surface area contributed by atoms with Crippen LogP contribution in [-0.4, -0.2) is 8.76 Å². The molecule has 1 unspecified atom stereocenters. The quantitative estimate of drug-likeness (QED) is 0.355. The second-order valence-corrected chi connectivity index (χ2v) is 8.55. The van der Waals surface area contributed by atoms with Crippen LogP contribution in [0.4, 0.5) is 4.39 Å². The number of hydrogen-bond donors (Lipinski definition) is 1. The average molecular weight is 383 g/mol. The van der Waals surface area contributed by atoms with E-state index in [0.29, 0.717) is 9.39 Å². The van der Waals surface area contributed by atoms with Crippen LogP contribution >= 0.6 is 32.9 Å². The van der Waals surface area contributed by atoms with Gasteiger partial charge in [-0.3, -0.25) is 0 Å². The van der Waals surface area contributed by atoms with Crippen LogP contribution < -0.4 is 0 Å². The molecule has 0 saturated heterocycles. The van der Waals surface area contributed by atoms with Gasteiger partial charge in [-0.15, -0.1) is 0 Å². The topological polar surface area (TPSA) is 37.3 Å². The van der Waals surface area contributed by atoms with Crippen LogP contribution in [0, 0.1) is 9.64 Å². The molecule has 0 amide bonds. The Hall–Kier alpha value is -1.25. The molecule has 1 N–H and O–H groups in total. The number of halogens is 1. The molecule has 3 rings (SSSR count). The molecule has 0 aliphatic heterocycles. The zero-order valence-corrected chi connectivity index (χ0v) is 15.0. The highest BCUT2D eigenvalue weighted by atomic mass is 32.9. The molecule has 2 nitrogen and oxygen atoms in total. The Labute approximate surface area is 147 Å². The maximum atomic E-state index is 14.1. The third-order valence-electron chi connectivity index (χ3n) is 3.28. The van der Waals surface area contributed by atoms with Crippen LogP contribution in [0.3, 0.4) is 0 Å². The van der Waals surface area contributed by atoms with Crippen molar-refractivity contribution in [1.82, 2.24) is 0 Å². The molecule has 1 atom stereocenters. The van der Waals surface area contributed by atoms with Gasteiger partial charge in [0.2, 0.25) is 0 Å². The maximum absolute atomic E-state index is 14.1. The van der Waals surface area contributed by atoms with Crippen molar-refractivity contribution in [2.24, 2.45) is 0 Å². The van der Waals surface area contributed by atoms with Crippen molar-refractivity contribution in [2.45, 2.75) is 5.75 Å². The summed E-state index contributed by atoms with van der Waals surface area (Å²) in [5, 5.41) is 0. The van der Waals surface area contributed by atoms with Crippen LogP contribution in [-0.2, 0) is 16.8 Å². The molecular weight excluding hydrogens is 371 g/mol. The molecule has 1 heterocycles. The lowest BCUT2D eigenvalue weighted by atomic mass is 10.0. The summed E-state index contributed by atoms with van der Waals surface area (Å²) in [7, 11) is 2.96. The van der Waals surface area contributed by atoms with E-state index in [1.54, 1.807) is 18.2 Å². The Morgan fingerprint density at radius 2 is 1.78 bits per heavy atom. The summed E-state index contributed by atoms with van der Waals surface area (Å²) in [6, 6.07) is 14.0. The number of hydrogen-bond acceptors (Lipinski definition) is 4. The fraction of sp³-hybridized carbons (Fsp3) is 0.0625. The Morgan fingerprint density at radius 1 is 1.09 bits per heavy atom. The predicted molar refractivity (Wildman–Crippen MR) is 98.3 cm³/mol. The van der Waals surface area contributed by atoms with Gasteiger partial charge in [0.25, 0.3) is 0 Å². The standard InChI is InChI=1S/C16H11FO2S4/c17-13-4-2-1-3-12(13)14-15(21-22-16(14)20)11-7-5-10(6-8-11)9-23(18)19/h1-8H,9H2,(H,18,19). The van der Waals surface area contributed by atoms with Crippen LogP contribution in [0.5, 0.6) is 0 Å². The molecule has 0 aliphatic carbocycles. The molecule has 0 radical (unpaired) electrons. The molecule has 1 aromatic heterocycles. The fourth-order valence-corrected chi connectivity index (χ4v) is 5.61. The summed E-state index contributed by atoms with van der Waals surface area (Å²) < 4.78 is 34.6. The third-order valence-corrected chi connectivity index (χ3v) is 6.93. The zero-order chi connectivity index (χ0) is 16.4. The molecule has 0 bridgehead atoms. The monoisotopic (exact) mass is 382 g/mol. The first-order chi connectivity index (χ1) is 11.1. The van der Waals surface area contributed by atoms with Crippen LogP contribution in [0.2, 0.25) is 0 Å². The molecular formula is C16H11FO2S4. The molecule has 7 heteroatoms. The molecule has 118 valence electrons. The van der Waals surface area contributed by atoms with Crippen LogP contribution in [0.15, 0.2) is 48.5 Å². The first-order valence-electron chi connectivity index (χ1n) is 6.61. The molecule has 3 aromatic rings. The summed E-state index contributed by atoms with van der Waals surface area (Å²) >= 11 is 3.52. The van der Waals surface area contributed by atoms with Gasteiger partial charge in [-0.1, -0.05) is 75.4 Å². The first kappa shape index (κ1) is 16.6. The molecule has 0 spiro atoms. The van der Waals surface area contributed by atoms with Gasteiger partial charge in [-0.2, -0.15) is 0 Å². The van der Waals surface area contributed by atoms with Crippen molar-refractivity contribution in [1.29, 1.82) is 0 Å². The number of rotatable bonds is 4. The first-order valence-corrected chi connectivity index (χ1v) is 10.4. The van der Waals surface area contributed by atoms with Gasteiger partial charge in [0.05, 0.1) is 10.6 Å². The third kappa shape index (κ3) is 3.64. The summed E-state index contributed by atoms with van der Waals surface area (Å²) in [6.07, 6.45) is 0. The van der Waals surface area contributed by atoms with Crippen molar-refractivity contribution in [2.75, 3.05) is 0 Å². The van der Waals surface area contributed by atoms with Gasteiger partial charge < -0.3 is 4.55 Å². The highest BCUT2D eigenvalue weighted by molar-refractivity contribution is 7.80. The molecule has 0 fully saturated rings. The molecule has 0 aliphatic rings. The van der Waals surface area contributed by atoms with Crippen molar-refractivity contribution in [3.05, 3.63) is 63.7 Å². The van der Waals surface area contributed by atoms with Crippen molar-refractivity contribution >= 4 is 44.0 Å². The van der Waals surface area contributed by atoms with Crippen LogP contribution in [0.1, 0.15) is 5.56 Å². The van der Waals surface area contributed by atoms with E-state index in [2.05, 4.69) is 0 Å². The summed E-state index contributed by atoms with van der Waals surface area (Å²) in [5.74, 6) is -0.197. The highest BCUT2D eigenvalue weighted by Gasteiger charge is 2.15. The second kappa shape index (κ2) is 7.11. The van der Waals surface area contributed by atoms with E-state index in [1.807, 2.05) is 24.3 Å². The minimum Gasteiger partial charge on any atom is -0.306 e. The van der Waals surface area contributed by atoms with E-state index in [0.717, 1.165) is 21.6 Å². The van der Waals surface area contributed by atoms with Gasteiger partial charge >= 0.3 is 0 Å². The van der Waals surface area contributed by atoms with Crippen molar-refractivity contribution in [3.63, 3.8) is 0 Å². The van der Waals surface area contributed by atoms with E-state index in [4.69, 9.17) is 16.8 Å². The van der Waals surface area contributed by atoms with Gasteiger partial charge in [0.15, 0.2) is 11.1 Å². The van der Waals surface area contributed by atoms with E-state index in [1.165, 1.54) is 26.7 Å². The van der Waals surface area contributed by atoms with E-state index >= 15 is 0 Å². The van der Waals surface area contributed by atoms with E-state index in [9.17, 15) is 8.60 Å². The van der Waals surface area contributed by atoms with Gasteiger partial charge in [-0.25, -0.2) is 8.60 Å². The van der Waals surface area contributed by atoms with Crippen molar-refractivity contribution in [3.8, 4) is 21.6 Å². The summed E-state index contributed by atoms with van der Waals surface area (Å²) in [5.41, 5.74) is 2.95. The maximum Gasteiger partial charge on any atom is 0.157 e. The Morgan fingerprint density at radius 3 is 2.43 bits per heavy atom. The average Bonchev–Trinajstić information content (AvgIpc) is 2.90. The largest absolute Gasteiger partial charge is 0.306 e. The van der Waals surface area contributed by atoms with Gasteiger partial charge in [-0.05, 0) is 17.2 Å².